The third-order valence-electron chi connectivity index (χ3n) is 3.27. The van der Waals surface area contributed by atoms with Crippen LogP contribution in [0.2, 0.25) is 0 Å². The Kier molecular flexibility index (Phi) is 4.52. The number of nitrogens with zero attached hydrogens (tertiary/aromatic N) is 3. The second-order valence-electron chi connectivity index (χ2n) is 4.84. The molecule has 1 unspecified atom stereocenters. The van der Waals surface area contributed by atoms with Crippen LogP contribution in [-0.2, 0) is 4.79 Å². The quantitative estimate of drug-likeness (QED) is 0.891. The van der Waals surface area contributed by atoms with E-state index in [1.54, 1.807) is 11.0 Å². The normalized spacial score (nSPS) is 18.4. The highest BCUT2D eigenvalue weighted by atomic mass is 32.2. The first-order valence-electron chi connectivity index (χ1n) is 6.88. The zero-order valence-corrected chi connectivity index (χ0v) is 12.3. The molecule has 0 saturated carbocycles. The topological polar surface area (TPSA) is 71.8 Å². The van der Waals surface area contributed by atoms with E-state index in [0.717, 1.165) is 29.4 Å². The van der Waals surface area contributed by atoms with Gasteiger partial charge in [0, 0.05) is 30.5 Å². The van der Waals surface area contributed by atoms with Crippen LogP contribution in [0.3, 0.4) is 0 Å². The molecule has 0 spiro atoms. The van der Waals surface area contributed by atoms with E-state index in [0.29, 0.717) is 6.42 Å². The van der Waals surface area contributed by atoms with Crippen LogP contribution < -0.4 is 10.6 Å². The van der Waals surface area contributed by atoms with Gasteiger partial charge in [0.1, 0.15) is 12.7 Å². The molecule has 0 aliphatic carbocycles. The summed E-state index contributed by atoms with van der Waals surface area (Å²) in [6.07, 6.45) is 3.57. The molecule has 1 amide bonds. The molecular formula is C14H17N5OS. The number of carbonyl (C=O) groups excluding carboxylic acids is 1. The van der Waals surface area contributed by atoms with Gasteiger partial charge in [-0.25, -0.2) is 9.67 Å². The highest BCUT2D eigenvalue weighted by Crippen LogP contribution is 2.19. The van der Waals surface area contributed by atoms with Crippen molar-refractivity contribution in [3.63, 3.8) is 0 Å². The molecule has 7 heteroatoms. The molecule has 0 bridgehead atoms. The van der Waals surface area contributed by atoms with E-state index < -0.39 is 0 Å². The Labute approximate surface area is 127 Å². The SMILES string of the molecule is O=C(CC1CSCCN1)Nc1ccccc1-n1cncn1. The Balaban J connectivity index is 1.68. The Bertz CT molecular complexity index is 595. The summed E-state index contributed by atoms with van der Waals surface area (Å²) in [5.41, 5.74) is 1.56. The van der Waals surface area contributed by atoms with Crippen LogP contribution in [0.25, 0.3) is 5.69 Å². The first kappa shape index (κ1) is 14.1. The number of rotatable bonds is 4. The average molecular weight is 303 g/mol. The van der Waals surface area contributed by atoms with Gasteiger partial charge in [-0.15, -0.1) is 0 Å². The van der Waals surface area contributed by atoms with E-state index >= 15 is 0 Å². The molecule has 2 N–H and O–H groups in total. The van der Waals surface area contributed by atoms with Crippen molar-refractivity contribution in [1.82, 2.24) is 20.1 Å². The first-order valence-corrected chi connectivity index (χ1v) is 8.03. The van der Waals surface area contributed by atoms with Gasteiger partial charge in [0.15, 0.2) is 0 Å². The van der Waals surface area contributed by atoms with Crippen LogP contribution in [0.4, 0.5) is 5.69 Å². The highest BCUT2D eigenvalue weighted by molar-refractivity contribution is 7.99. The number of hydrogen-bond donors (Lipinski definition) is 2. The fourth-order valence-electron chi connectivity index (χ4n) is 2.29. The third kappa shape index (κ3) is 3.62. The van der Waals surface area contributed by atoms with Crippen molar-refractivity contribution in [1.29, 1.82) is 0 Å². The van der Waals surface area contributed by atoms with E-state index in [2.05, 4.69) is 20.7 Å². The van der Waals surface area contributed by atoms with E-state index in [9.17, 15) is 4.79 Å². The zero-order chi connectivity index (χ0) is 14.5. The number of nitrogens with one attached hydrogen (secondary N) is 2. The van der Waals surface area contributed by atoms with Gasteiger partial charge in [-0.2, -0.15) is 16.9 Å². The molecule has 1 aromatic heterocycles. The Morgan fingerprint density at radius 3 is 3.14 bits per heavy atom. The Morgan fingerprint density at radius 1 is 1.48 bits per heavy atom. The van der Waals surface area contributed by atoms with Gasteiger partial charge in [0.25, 0.3) is 0 Å². The van der Waals surface area contributed by atoms with E-state index in [1.165, 1.54) is 6.33 Å². The van der Waals surface area contributed by atoms with Crippen LogP contribution in [0.5, 0.6) is 0 Å². The fourth-order valence-corrected chi connectivity index (χ4v) is 3.24. The monoisotopic (exact) mass is 303 g/mol. The third-order valence-corrected chi connectivity index (χ3v) is 4.40. The van der Waals surface area contributed by atoms with Crippen molar-refractivity contribution in [3.05, 3.63) is 36.9 Å². The van der Waals surface area contributed by atoms with Gasteiger partial charge in [0.2, 0.25) is 5.91 Å². The smallest absolute Gasteiger partial charge is 0.226 e. The molecule has 1 aliphatic rings. The number of carbonyl (C=O) groups is 1. The summed E-state index contributed by atoms with van der Waals surface area (Å²) < 4.78 is 1.64. The van der Waals surface area contributed by atoms with Crippen LogP contribution in [0, 0.1) is 0 Å². The second-order valence-corrected chi connectivity index (χ2v) is 5.99. The number of benzene rings is 1. The minimum Gasteiger partial charge on any atom is -0.324 e. The van der Waals surface area contributed by atoms with Crippen molar-refractivity contribution < 1.29 is 4.79 Å². The summed E-state index contributed by atoms with van der Waals surface area (Å²) >= 11 is 1.89. The highest BCUT2D eigenvalue weighted by Gasteiger charge is 2.17. The van der Waals surface area contributed by atoms with Crippen molar-refractivity contribution in [2.45, 2.75) is 12.5 Å². The van der Waals surface area contributed by atoms with Crippen LogP contribution in [0.15, 0.2) is 36.9 Å². The number of para-hydroxylation sites is 2. The van der Waals surface area contributed by atoms with Crippen molar-refractivity contribution in [3.8, 4) is 5.69 Å². The molecule has 1 aromatic carbocycles. The first-order chi connectivity index (χ1) is 10.3. The van der Waals surface area contributed by atoms with Gasteiger partial charge in [-0.3, -0.25) is 4.79 Å². The lowest BCUT2D eigenvalue weighted by atomic mass is 10.2. The van der Waals surface area contributed by atoms with Crippen molar-refractivity contribution in [2.24, 2.45) is 0 Å². The van der Waals surface area contributed by atoms with E-state index in [-0.39, 0.29) is 11.9 Å². The summed E-state index contributed by atoms with van der Waals surface area (Å²) in [6.45, 7) is 0.970. The minimum atomic E-state index is 0.0163. The predicted octanol–water partition coefficient (Wildman–Crippen LogP) is 1.30. The number of anilines is 1. The lowest BCUT2D eigenvalue weighted by Crippen LogP contribution is -2.39. The van der Waals surface area contributed by atoms with E-state index in [4.69, 9.17) is 0 Å². The molecule has 3 rings (SSSR count). The van der Waals surface area contributed by atoms with Gasteiger partial charge >= 0.3 is 0 Å². The maximum Gasteiger partial charge on any atom is 0.226 e. The molecule has 1 saturated heterocycles. The van der Waals surface area contributed by atoms with Crippen molar-refractivity contribution in [2.75, 3.05) is 23.4 Å². The number of aromatic nitrogens is 3. The molecule has 21 heavy (non-hydrogen) atoms. The number of amides is 1. The van der Waals surface area contributed by atoms with Crippen LogP contribution in [0.1, 0.15) is 6.42 Å². The summed E-state index contributed by atoms with van der Waals surface area (Å²) in [6, 6.07) is 7.83. The largest absolute Gasteiger partial charge is 0.324 e. The summed E-state index contributed by atoms with van der Waals surface area (Å²) in [4.78, 5) is 16.1. The van der Waals surface area contributed by atoms with Crippen LogP contribution in [-0.4, -0.2) is 44.8 Å². The molecule has 1 atom stereocenters. The Hall–Kier alpha value is -1.86. The maximum absolute atomic E-state index is 12.2. The summed E-state index contributed by atoms with van der Waals surface area (Å²) in [7, 11) is 0. The summed E-state index contributed by atoms with van der Waals surface area (Å²) in [5, 5.41) is 10.4. The van der Waals surface area contributed by atoms with Crippen LogP contribution >= 0.6 is 11.8 Å². The minimum absolute atomic E-state index is 0.0163. The second kappa shape index (κ2) is 6.73. The van der Waals surface area contributed by atoms with Gasteiger partial charge in [-0.05, 0) is 12.1 Å². The molecule has 1 aliphatic heterocycles. The molecular weight excluding hydrogens is 286 g/mol. The van der Waals surface area contributed by atoms with Crippen molar-refractivity contribution >= 4 is 23.4 Å². The standard InChI is InChI=1S/C14H17N5OS/c20-14(7-11-8-21-6-5-16-11)18-12-3-1-2-4-13(12)19-10-15-9-17-19/h1-4,9-11,16H,5-8H2,(H,18,20). The molecule has 6 nitrogen and oxygen atoms in total. The molecule has 0 radical (unpaired) electrons. The molecule has 110 valence electrons. The molecule has 1 fully saturated rings. The molecule has 2 aromatic rings. The maximum atomic E-state index is 12.2. The lowest BCUT2D eigenvalue weighted by molar-refractivity contribution is -0.116. The number of hydrogen-bond acceptors (Lipinski definition) is 5. The molecule has 2 heterocycles. The predicted molar refractivity (Wildman–Crippen MR) is 83.7 cm³/mol. The fraction of sp³-hybridized carbons (Fsp3) is 0.357. The average Bonchev–Trinajstić information content (AvgIpc) is 3.03. The van der Waals surface area contributed by atoms with Gasteiger partial charge in [0.05, 0.1) is 11.4 Å². The van der Waals surface area contributed by atoms with E-state index in [1.807, 2.05) is 36.0 Å². The van der Waals surface area contributed by atoms with Gasteiger partial charge < -0.3 is 10.6 Å². The lowest BCUT2D eigenvalue weighted by Gasteiger charge is -2.22. The summed E-state index contributed by atoms with van der Waals surface area (Å²) in [5.74, 6) is 2.12. The number of thioether (sulfide) groups is 1. The van der Waals surface area contributed by atoms with Gasteiger partial charge in [-0.1, -0.05) is 12.1 Å². The zero-order valence-electron chi connectivity index (χ0n) is 11.5. The Morgan fingerprint density at radius 2 is 2.38 bits per heavy atom.